The van der Waals surface area contributed by atoms with Crippen LogP contribution in [0.4, 0.5) is 5.69 Å². The molecule has 2 aromatic carbocycles. The van der Waals surface area contributed by atoms with Gasteiger partial charge in [0.1, 0.15) is 0 Å². The zero-order valence-corrected chi connectivity index (χ0v) is 14.8. The van der Waals surface area contributed by atoms with Crippen LogP contribution in [0.2, 0.25) is 0 Å². The van der Waals surface area contributed by atoms with Gasteiger partial charge in [-0.05, 0) is 46.3 Å². The van der Waals surface area contributed by atoms with Gasteiger partial charge in [0.05, 0.1) is 18.8 Å². The lowest BCUT2D eigenvalue weighted by atomic mass is 10.2. The Labute approximate surface area is 155 Å². The Morgan fingerprint density at radius 1 is 1.11 bits per heavy atom. The molecule has 0 aliphatic heterocycles. The Morgan fingerprint density at radius 3 is 2.56 bits per heavy atom. The Morgan fingerprint density at radius 2 is 1.85 bits per heavy atom. The number of rotatable bonds is 7. The number of hydrogen-bond donors (Lipinski definition) is 1. The Kier molecular flexibility index (Phi) is 5.91. The van der Waals surface area contributed by atoms with E-state index < -0.39 is 0 Å². The summed E-state index contributed by atoms with van der Waals surface area (Å²) in [4.78, 5) is 24.2. The number of ether oxygens (including phenoxy) is 1. The van der Waals surface area contributed by atoms with Gasteiger partial charge in [0.25, 0.3) is 0 Å². The van der Waals surface area contributed by atoms with Crippen LogP contribution in [0.1, 0.15) is 5.56 Å². The molecule has 138 valence electrons. The van der Waals surface area contributed by atoms with E-state index in [0.717, 1.165) is 5.56 Å². The Hall–Kier alpha value is -3.52. The molecule has 0 radical (unpaired) electrons. The van der Waals surface area contributed by atoms with Gasteiger partial charge in [-0.25, -0.2) is 4.79 Å². The van der Waals surface area contributed by atoms with E-state index in [1.807, 2.05) is 30.3 Å². The standard InChI is InChI=1S/C19H19N5O3/c1-27-14-13-23-19(26)24(22-21-23)17-10-8-16(9-11-17)20-18(25)12-7-15-5-3-2-4-6-15/h2-12H,13-14H2,1H3,(H,20,25)/b12-7+. The molecule has 27 heavy (non-hydrogen) atoms. The predicted molar refractivity (Wildman–Crippen MR) is 102 cm³/mol. The third-order valence-corrected chi connectivity index (χ3v) is 3.75. The van der Waals surface area contributed by atoms with E-state index in [4.69, 9.17) is 4.74 Å². The third kappa shape index (κ3) is 4.77. The zero-order valence-electron chi connectivity index (χ0n) is 14.8. The molecule has 8 nitrogen and oxygen atoms in total. The van der Waals surface area contributed by atoms with Crippen LogP contribution in [0.3, 0.4) is 0 Å². The summed E-state index contributed by atoms with van der Waals surface area (Å²) in [6.07, 6.45) is 3.21. The van der Waals surface area contributed by atoms with E-state index in [1.54, 1.807) is 37.5 Å². The van der Waals surface area contributed by atoms with Crippen molar-refractivity contribution in [3.8, 4) is 5.69 Å². The van der Waals surface area contributed by atoms with E-state index in [1.165, 1.54) is 15.4 Å². The summed E-state index contributed by atoms with van der Waals surface area (Å²) in [5.74, 6) is -0.241. The van der Waals surface area contributed by atoms with Crippen molar-refractivity contribution in [3.05, 3.63) is 76.7 Å². The van der Waals surface area contributed by atoms with Crippen molar-refractivity contribution in [2.75, 3.05) is 19.0 Å². The molecular formula is C19H19N5O3. The number of carbonyl (C=O) groups is 1. The second-order valence-corrected chi connectivity index (χ2v) is 5.67. The van der Waals surface area contributed by atoms with Gasteiger partial charge in [0, 0.05) is 18.9 Å². The van der Waals surface area contributed by atoms with Crippen LogP contribution in [0.15, 0.2) is 65.5 Å². The SMILES string of the molecule is COCCn1nnn(-c2ccc(NC(=O)/C=C/c3ccccc3)cc2)c1=O. The lowest BCUT2D eigenvalue weighted by Gasteiger charge is -2.04. The monoisotopic (exact) mass is 365 g/mol. The minimum absolute atomic E-state index is 0.241. The molecule has 1 aromatic heterocycles. The van der Waals surface area contributed by atoms with E-state index in [2.05, 4.69) is 15.7 Å². The number of methoxy groups -OCH3 is 1. The number of benzene rings is 2. The largest absolute Gasteiger partial charge is 0.383 e. The van der Waals surface area contributed by atoms with Crippen molar-refractivity contribution in [2.45, 2.75) is 6.54 Å². The molecule has 0 atom stereocenters. The molecule has 0 saturated heterocycles. The summed E-state index contributed by atoms with van der Waals surface area (Å²) in [6.45, 7) is 0.706. The molecular weight excluding hydrogens is 346 g/mol. The van der Waals surface area contributed by atoms with E-state index >= 15 is 0 Å². The van der Waals surface area contributed by atoms with Crippen LogP contribution in [0, 0.1) is 0 Å². The topological polar surface area (TPSA) is 91.0 Å². The van der Waals surface area contributed by atoms with Gasteiger partial charge >= 0.3 is 5.69 Å². The fraction of sp³-hybridized carbons (Fsp3) is 0.158. The summed E-state index contributed by atoms with van der Waals surface area (Å²) in [5.41, 5.74) is 1.76. The maximum atomic E-state index is 12.2. The van der Waals surface area contributed by atoms with Gasteiger partial charge < -0.3 is 10.1 Å². The Bertz CT molecular complexity index is 975. The van der Waals surface area contributed by atoms with Gasteiger partial charge in [-0.2, -0.15) is 9.36 Å². The number of nitrogens with one attached hydrogen (secondary N) is 1. The van der Waals surface area contributed by atoms with Crippen molar-refractivity contribution in [2.24, 2.45) is 0 Å². The number of nitrogens with zero attached hydrogens (tertiary/aromatic N) is 4. The van der Waals surface area contributed by atoms with Crippen molar-refractivity contribution >= 4 is 17.7 Å². The first-order chi connectivity index (χ1) is 13.2. The average molecular weight is 365 g/mol. The second kappa shape index (κ2) is 8.72. The summed E-state index contributed by atoms with van der Waals surface area (Å²) >= 11 is 0. The zero-order chi connectivity index (χ0) is 19.1. The smallest absolute Gasteiger partial charge is 0.368 e. The minimum Gasteiger partial charge on any atom is -0.383 e. The van der Waals surface area contributed by atoms with Gasteiger partial charge in [-0.15, -0.1) is 0 Å². The van der Waals surface area contributed by atoms with Crippen LogP contribution in [0.5, 0.6) is 0 Å². The number of tetrazole rings is 1. The number of hydrogen-bond acceptors (Lipinski definition) is 5. The molecule has 0 aliphatic rings. The van der Waals surface area contributed by atoms with E-state index in [-0.39, 0.29) is 11.6 Å². The van der Waals surface area contributed by atoms with Gasteiger partial charge in [0.15, 0.2) is 0 Å². The van der Waals surface area contributed by atoms with Crippen molar-refractivity contribution in [1.82, 2.24) is 19.8 Å². The molecule has 1 N–H and O–H groups in total. The van der Waals surface area contributed by atoms with Crippen molar-refractivity contribution in [3.63, 3.8) is 0 Å². The Balaban J connectivity index is 1.65. The molecule has 0 bridgehead atoms. The molecule has 8 heteroatoms. The first-order valence-corrected chi connectivity index (χ1v) is 8.33. The number of amides is 1. The number of anilines is 1. The fourth-order valence-corrected chi connectivity index (χ4v) is 2.36. The first-order valence-electron chi connectivity index (χ1n) is 8.33. The molecule has 0 saturated carbocycles. The van der Waals surface area contributed by atoms with Gasteiger partial charge in [-0.3, -0.25) is 4.79 Å². The molecule has 0 unspecified atom stereocenters. The minimum atomic E-state index is -0.352. The summed E-state index contributed by atoms with van der Waals surface area (Å²) in [6, 6.07) is 16.3. The number of aromatic nitrogens is 4. The highest BCUT2D eigenvalue weighted by molar-refractivity contribution is 6.01. The number of carbonyl (C=O) groups excluding carboxylic acids is 1. The lowest BCUT2D eigenvalue weighted by molar-refractivity contribution is -0.111. The molecule has 3 rings (SSSR count). The second-order valence-electron chi connectivity index (χ2n) is 5.67. The average Bonchev–Trinajstić information content (AvgIpc) is 3.06. The third-order valence-electron chi connectivity index (χ3n) is 3.75. The van der Waals surface area contributed by atoms with Crippen LogP contribution >= 0.6 is 0 Å². The van der Waals surface area contributed by atoms with Crippen molar-refractivity contribution < 1.29 is 9.53 Å². The normalized spacial score (nSPS) is 11.0. The first kappa shape index (κ1) is 18.3. The molecule has 1 amide bonds. The maximum absolute atomic E-state index is 12.2. The van der Waals surface area contributed by atoms with Crippen LogP contribution in [-0.2, 0) is 16.1 Å². The molecule has 1 heterocycles. The highest BCUT2D eigenvalue weighted by atomic mass is 16.5. The summed E-state index contributed by atoms with van der Waals surface area (Å²) in [5, 5.41) is 10.4. The van der Waals surface area contributed by atoms with Crippen molar-refractivity contribution in [1.29, 1.82) is 0 Å². The molecule has 0 spiro atoms. The lowest BCUT2D eigenvalue weighted by Crippen LogP contribution is -2.25. The van der Waals surface area contributed by atoms with Gasteiger partial charge in [-0.1, -0.05) is 30.3 Å². The van der Waals surface area contributed by atoms with Crippen LogP contribution in [-0.4, -0.2) is 39.4 Å². The summed E-state index contributed by atoms with van der Waals surface area (Å²) < 4.78 is 7.35. The fourth-order valence-electron chi connectivity index (χ4n) is 2.36. The predicted octanol–water partition coefficient (Wildman–Crippen LogP) is 1.73. The van der Waals surface area contributed by atoms with E-state index in [9.17, 15) is 9.59 Å². The van der Waals surface area contributed by atoms with Crippen LogP contribution < -0.4 is 11.0 Å². The summed E-state index contributed by atoms with van der Waals surface area (Å²) in [7, 11) is 1.55. The molecule has 3 aromatic rings. The molecule has 0 fully saturated rings. The maximum Gasteiger partial charge on any atom is 0.368 e. The molecule has 0 aliphatic carbocycles. The highest BCUT2D eigenvalue weighted by Gasteiger charge is 2.08. The van der Waals surface area contributed by atoms with Gasteiger partial charge in [0.2, 0.25) is 5.91 Å². The van der Waals surface area contributed by atoms with E-state index in [0.29, 0.717) is 24.5 Å². The quantitative estimate of drug-likeness (QED) is 0.644. The highest BCUT2D eigenvalue weighted by Crippen LogP contribution is 2.11. The van der Waals surface area contributed by atoms with Crippen LogP contribution in [0.25, 0.3) is 11.8 Å².